The van der Waals surface area contributed by atoms with E-state index >= 15 is 0 Å². The summed E-state index contributed by atoms with van der Waals surface area (Å²) >= 11 is 0.944. The molecule has 0 aromatic rings. The van der Waals surface area contributed by atoms with Gasteiger partial charge < -0.3 is 9.84 Å². The molecule has 0 unspecified atom stereocenters. The molecule has 0 saturated heterocycles. The van der Waals surface area contributed by atoms with E-state index in [-0.39, 0.29) is 0 Å². The van der Waals surface area contributed by atoms with Crippen LogP contribution in [0.4, 0.5) is 4.79 Å². The van der Waals surface area contributed by atoms with Gasteiger partial charge >= 0.3 is 35.5 Å². The third-order valence-corrected chi connectivity index (χ3v) is 0.175. The number of rotatable bonds is 0. The van der Waals surface area contributed by atoms with Gasteiger partial charge in [-0.2, -0.15) is 0 Å². The second-order valence-corrected chi connectivity index (χ2v) is 1.97. The van der Waals surface area contributed by atoms with Gasteiger partial charge in [0.15, 0.2) is 0 Å². The summed E-state index contributed by atoms with van der Waals surface area (Å²) in [5.74, 6) is 0. The van der Waals surface area contributed by atoms with E-state index in [1.807, 2.05) is 0 Å². The summed E-state index contributed by atoms with van der Waals surface area (Å²) in [5.41, 5.74) is 0. The van der Waals surface area contributed by atoms with Crippen LogP contribution in [0.2, 0.25) is 0 Å². The van der Waals surface area contributed by atoms with Gasteiger partial charge in [0, 0.05) is 0 Å². The minimum absolute atomic E-state index is 0.944. The molecule has 0 bridgehead atoms. The molecule has 0 aromatic carbocycles. The van der Waals surface area contributed by atoms with Crippen molar-refractivity contribution in [3.8, 4) is 0 Å². The molecule has 0 atom stereocenters. The maximum absolute atomic E-state index is 9.15. The molecule has 45 valence electrons. The van der Waals surface area contributed by atoms with Crippen LogP contribution in [-0.2, 0) is 27.0 Å². The average Bonchev–Trinajstić information content (AvgIpc) is 1.69. The molecule has 0 rings (SSSR count). The van der Waals surface area contributed by atoms with Crippen molar-refractivity contribution in [1.29, 1.82) is 0 Å². The van der Waals surface area contributed by atoms with Gasteiger partial charge in [0.25, 0.3) is 0 Å². The standard InChI is InChI=1S/C2H4O3.CH3O.Zn/c1-5-2(3)4;1-2;/h1H3,(H,3,4);1H3;/q;-1;+1. The maximum atomic E-state index is 9.15. The Kier molecular flexibility index (Phi) is 13.4. The molecular formula is C3H7O4Zn. The Bertz CT molecular complexity index is 55.2. The number of carboxylic acid groups (broad SMARTS) is 1. The van der Waals surface area contributed by atoms with Crippen LogP contribution in [-0.4, -0.2) is 25.5 Å². The molecule has 8 heavy (non-hydrogen) atoms. The van der Waals surface area contributed by atoms with Crippen molar-refractivity contribution in [1.82, 2.24) is 0 Å². The monoisotopic (exact) mass is 171 g/mol. The molecule has 0 aliphatic heterocycles. The molecule has 0 aliphatic rings. The molecule has 0 saturated carbocycles. The van der Waals surface area contributed by atoms with Gasteiger partial charge in [0.05, 0.1) is 7.11 Å². The zero-order chi connectivity index (χ0) is 6.99. The van der Waals surface area contributed by atoms with Crippen LogP contribution in [0.1, 0.15) is 0 Å². The summed E-state index contributed by atoms with van der Waals surface area (Å²) in [6.07, 6.45) is -1.25. The normalized spacial score (nSPS) is 6.50. The Labute approximate surface area is 57.9 Å². The van der Waals surface area contributed by atoms with E-state index < -0.39 is 6.16 Å². The van der Waals surface area contributed by atoms with Crippen LogP contribution >= 0.6 is 0 Å². The summed E-state index contributed by atoms with van der Waals surface area (Å²) in [7, 11) is 2.78. The second-order valence-electron chi connectivity index (χ2n) is 0.759. The topological polar surface area (TPSA) is 55.8 Å². The van der Waals surface area contributed by atoms with Crippen LogP contribution in [0.25, 0.3) is 0 Å². The average molecular weight is 172 g/mol. The fraction of sp³-hybridized carbons (Fsp3) is 0.667. The van der Waals surface area contributed by atoms with E-state index in [0.29, 0.717) is 0 Å². The first kappa shape index (κ1) is 10.8. The Balaban J connectivity index is 0. The van der Waals surface area contributed by atoms with Crippen molar-refractivity contribution in [2.24, 2.45) is 0 Å². The van der Waals surface area contributed by atoms with Gasteiger partial charge in [0.1, 0.15) is 0 Å². The van der Waals surface area contributed by atoms with Gasteiger partial charge in [0.2, 0.25) is 0 Å². The molecule has 0 fully saturated rings. The van der Waals surface area contributed by atoms with Crippen molar-refractivity contribution in [2.75, 3.05) is 14.2 Å². The zero-order valence-electron chi connectivity index (χ0n) is 4.88. The molecule has 0 radical (unpaired) electrons. The van der Waals surface area contributed by atoms with Crippen LogP contribution < -0.4 is 0 Å². The van der Waals surface area contributed by atoms with Crippen molar-refractivity contribution < 1.29 is 36.9 Å². The van der Waals surface area contributed by atoms with Crippen molar-refractivity contribution >= 4 is 6.16 Å². The Morgan fingerprint density at radius 1 is 1.62 bits per heavy atom. The van der Waals surface area contributed by atoms with E-state index in [1.165, 1.54) is 0 Å². The minimum atomic E-state index is -1.25. The van der Waals surface area contributed by atoms with E-state index in [2.05, 4.69) is 8.30 Å². The first-order valence-corrected chi connectivity index (χ1v) is 2.95. The van der Waals surface area contributed by atoms with Crippen molar-refractivity contribution in [3.63, 3.8) is 0 Å². The molecule has 1 N–H and O–H groups in total. The molecule has 0 amide bonds. The summed E-state index contributed by atoms with van der Waals surface area (Å²) in [6, 6.07) is 0. The first-order valence-electron chi connectivity index (χ1n) is 1.74. The number of carbonyl (C=O) groups is 1. The number of methoxy groups -OCH3 is 1. The summed E-state index contributed by atoms with van der Waals surface area (Å²) in [5, 5.41) is 7.50. The molecule has 0 aromatic heterocycles. The second kappa shape index (κ2) is 9.97. The van der Waals surface area contributed by atoms with Crippen molar-refractivity contribution in [2.45, 2.75) is 0 Å². The summed E-state index contributed by atoms with van der Waals surface area (Å²) in [4.78, 5) is 9.15. The predicted octanol–water partition coefficient (Wildman–Crippen LogP) is 0.405. The summed E-state index contributed by atoms with van der Waals surface area (Å²) < 4.78 is 8.04. The third-order valence-electron chi connectivity index (χ3n) is 0.175. The van der Waals surface area contributed by atoms with Gasteiger partial charge in [-0.1, -0.05) is 0 Å². The number of hydrogen-bond donors (Lipinski definition) is 1. The van der Waals surface area contributed by atoms with Crippen LogP contribution in [0.3, 0.4) is 0 Å². The fourth-order valence-corrected chi connectivity index (χ4v) is 0. The van der Waals surface area contributed by atoms with Gasteiger partial charge in [-0.15, -0.1) is 0 Å². The predicted molar refractivity (Wildman–Crippen MR) is 22.0 cm³/mol. The molecule has 0 spiro atoms. The molecule has 0 aliphatic carbocycles. The number of hydrogen-bond acceptors (Lipinski definition) is 3. The van der Waals surface area contributed by atoms with E-state index in [9.17, 15) is 0 Å². The third kappa shape index (κ3) is 40.1. The fourth-order valence-electron chi connectivity index (χ4n) is 0. The Hall–Kier alpha value is -0.147. The van der Waals surface area contributed by atoms with E-state index in [1.54, 1.807) is 7.11 Å². The Morgan fingerprint density at radius 3 is 1.75 bits per heavy atom. The first-order chi connectivity index (χ1) is 3.68. The zero-order valence-corrected chi connectivity index (χ0v) is 7.85. The van der Waals surface area contributed by atoms with Crippen molar-refractivity contribution in [3.05, 3.63) is 0 Å². The summed E-state index contributed by atoms with van der Waals surface area (Å²) in [6.45, 7) is 0. The van der Waals surface area contributed by atoms with Gasteiger partial charge in [-0.05, 0) is 0 Å². The number of ether oxygens (including phenoxy) is 1. The van der Waals surface area contributed by atoms with E-state index in [0.717, 1.165) is 25.8 Å². The molecule has 0 heterocycles. The van der Waals surface area contributed by atoms with Gasteiger partial charge in [-0.3, -0.25) is 0 Å². The van der Waals surface area contributed by atoms with E-state index in [4.69, 9.17) is 9.90 Å². The van der Waals surface area contributed by atoms with Crippen LogP contribution in [0, 0.1) is 0 Å². The molecule has 5 heteroatoms. The molecule has 4 nitrogen and oxygen atoms in total. The molecular weight excluding hydrogens is 165 g/mol. The Morgan fingerprint density at radius 2 is 1.75 bits per heavy atom. The quantitative estimate of drug-likeness (QED) is 0.425. The SMILES string of the molecule is COC(=O)O.C[O][Zn]. The van der Waals surface area contributed by atoms with Crippen LogP contribution in [0.5, 0.6) is 0 Å². The van der Waals surface area contributed by atoms with Crippen LogP contribution in [0.15, 0.2) is 0 Å². The van der Waals surface area contributed by atoms with Gasteiger partial charge in [-0.25, -0.2) is 4.79 Å².